The third kappa shape index (κ3) is 2.41. The second-order valence-corrected chi connectivity index (χ2v) is 3.57. The molecule has 17 heavy (non-hydrogen) atoms. The van der Waals surface area contributed by atoms with Crippen LogP contribution in [0.3, 0.4) is 0 Å². The number of hydrogen-bond donors (Lipinski definition) is 2. The zero-order chi connectivity index (χ0) is 12.4. The molecule has 88 valence electrons. The summed E-state index contributed by atoms with van der Waals surface area (Å²) in [5, 5.41) is 6.53. The van der Waals surface area contributed by atoms with E-state index in [1.165, 1.54) is 12.1 Å². The lowest BCUT2D eigenvalue weighted by Crippen LogP contribution is -2.13. The number of benzene rings is 1. The number of nitrogen functional groups attached to an aromatic ring is 1. The highest BCUT2D eigenvalue weighted by Gasteiger charge is 2.09. The Morgan fingerprint density at radius 3 is 2.82 bits per heavy atom. The number of hydrogen-bond acceptors (Lipinski definition) is 3. The minimum atomic E-state index is -0.612. The average Bonchev–Trinajstić information content (AvgIpc) is 2.68. The fourth-order valence-electron chi connectivity index (χ4n) is 1.34. The molecule has 0 saturated heterocycles. The molecule has 0 aliphatic carbocycles. The van der Waals surface area contributed by atoms with Gasteiger partial charge in [-0.05, 0) is 18.2 Å². The molecule has 0 saturated carbocycles. The van der Waals surface area contributed by atoms with Gasteiger partial charge in [-0.25, -0.2) is 4.39 Å². The number of aromatic nitrogens is 2. The Morgan fingerprint density at radius 2 is 2.24 bits per heavy atom. The molecule has 1 heterocycles. The molecule has 0 spiro atoms. The van der Waals surface area contributed by atoms with E-state index in [0.29, 0.717) is 5.82 Å². The molecular weight excluding hydrogens is 223 g/mol. The van der Waals surface area contributed by atoms with Crippen LogP contribution in [0, 0.1) is 5.82 Å². The first-order valence-electron chi connectivity index (χ1n) is 4.92. The Hall–Kier alpha value is -2.37. The van der Waals surface area contributed by atoms with Gasteiger partial charge in [-0.15, -0.1) is 0 Å². The first-order valence-corrected chi connectivity index (χ1v) is 4.92. The SMILES string of the molecule is Cn1ccc(NC(=O)c2ccc(N)c(F)c2)n1. The van der Waals surface area contributed by atoms with Gasteiger partial charge in [-0.3, -0.25) is 9.48 Å². The van der Waals surface area contributed by atoms with Gasteiger partial charge in [0.2, 0.25) is 0 Å². The highest BCUT2D eigenvalue weighted by Crippen LogP contribution is 2.13. The molecule has 1 amide bonds. The van der Waals surface area contributed by atoms with E-state index in [1.54, 1.807) is 24.0 Å². The number of anilines is 2. The normalized spacial score (nSPS) is 10.2. The van der Waals surface area contributed by atoms with Crippen LogP contribution in [0.2, 0.25) is 0 Å². The Bertz CT molecular complexity index is 564. The molecule has 0 unspecified atom stereocenters. The summed E-state index contributed by atoms with van der Waals surface area (Å²) < 4.78 is 14.7. The second kappa shape index (κ2) is 4.25. The molecule has 0 fully saturated rings. The van der Waals surface area contributed by atoms with E-state index in [4.69, 9.17) is 5.73 Å². The monoisotopic (exact) mass is 234 g/mol. The lowest BCUT2D eigenvalue weighted by atomic mass is 10.2. The highest BCUT2D eigenvalue weighted by atomic mass is 19.1. The third-order valence-corrected chi connectivity index (χ3v) is 2.22. The van der Waals surface area contributed by atoms with Crippen molar-refractivity contribution in [1.82, 2.24) is 9.78 Å². The maximum atomic E-state index is 13.2. The molecule has 1 aromatic heterocycles. The highest BCUT2D eigenvalue weighted by molar-refractivity contribution is 6.03. The largest absolute Gasteiger partial charge is 0.396 e. The maximum Gasteiger partial charge on any atom is 0.256 e. The van der Waals surface area contributed by atoms with Crippen molar-refractivity contribution in [3.63, 3.8) is 0 Å². The van der Waals surface area contributed by atoms with Crippen molar-refractivity contribution in [1.29, 1.82) is 0 Å². The number of carbonyl (C=O) groups is 1. The van der Waals surface area contributed by atoms with Crippen LogP contribution in [0.5, 0.6) is 0 Å². The topological polar surface area (TPSA) is 72.9 Å². The number of aryl methyl sites for hydroxylation is 1. The number of carbonyl (C=O) groups excluding carboxylic acids is 1. The molecule has 5 nitrogen and oxygen atoms in total. The lowest BCUT2D eigenvalue weighted by Gasteiger charge is -2.03. The predicted molar refractivity (Wildman–Crippen MR) is 62.0 cm³/mol. The Morgan fingerprint density at radius 1 is 1.47 bits per heavy atom. The van der Waals surface area contributed by atoms with Gasteiger partial charge in [0, 0.05) is 24.9 Å². The van der Waals surface area contributed by atoms with Crippen LogP contribution < -0.4 is 11.1 Å². The van der Waals surface area contributed by atoms with Gasteiger partial charge in [-0.2, -0.15) is 5.10 Å². The number of rotatable bonds is 2. The van der Waals surface area contributed by atoms with E-state index >= 15 is 0 Å². The van der Waals surface area contributed by atoms with Crippen LogP contribution in [-0.4, -0.2) is 15.7 Å². The summed E-state index contributed by atoms with van der Waals surface area (Å²) in [6.45, 7) is 0. The zero-order valence-electron chi connectivity index (χ0n) is 9.14. The van der Waals surface area contributed by atoms with Gasteiger partial charge in [0.05, 0.1) is 5.69 Å². The van der Waals surface area contributed by atoms with E-state index < -0.39 is 11.7 Å². The van der Waals surface area contributed by atoms with E-state index in [-0.39, 0.29) is 11.3 Å². The van der Waals surface area contributed by atoms with E-state index in [9.17, 15) is 9.18 Å². The number of nitrogens with zero attached hydrogens (tertiary/aromatic N) is 2. The van der Waals surface area contributed by atoms with Crippen LogP contribution in [0.25, 0.3) is 0 Å². The van der Waals surface area contributed by atoms with Crippen LogP contribution in [-0.2, 0) is 7.05 Å². The van der Waals surface area contributed by atoms with Crippen molar-refractivity contribution in [2.24, 2.45) is 7.05 Å². The van der Waals surface area contributed by atoms with Gasteiger partial charge >= 0.3 is 0 Å². The molecule has 1 aromatic carbocycles. The zero-order valence-corrected chi connectivity index (χ0v) is 9.14. The predicted octanol–water partition coefficient (Wildman–Crippen LogP) is 1.39. The van der Waals surface area contributed by atoms with E-state index in [2.05, 4.69) is 10.4 Å². The Labute approximate surface area is 97.0 Å². The fourth-order valence-corrected chi connectivity index (χ4v) is 1.34. The summed E-state index contributed by atoms with van der Waals surface area (Å²) in [4.78, 5) is 11.7. The summed E-state index contributed by atoms with van der Waals surface area (Å²) in [6.07, 6.45) is 1.69. The Kier molecular flexibility index (Phi) is 2.78. The average molecular weight is 234 g/mol. The second-order valence-electron chi connectivity index (χ2n) is 3.57. The third-order valence-electron chi connectivity index (χ3n) is 2.22. The summed E-state index contributed by atoms with van der Waals surface area (Å²) in [6, 6.07) is 5.54. The smallest absolute Gasteiger partial charge is 0.256 e. The van der Waals surface area contributed by atoms with Gasteiger partial charge in [0.15, 0.2) is 5.82 Å². The Balaban J connectivity index is 2.17. The molecule has 0 atom stereocenters. The number of amides is 1. The molecule has 0 aliphatic heterocycles. The van der Waals surface area contributed by atoms with Crippen molar-refractivity contribution in [2.75, 3.05) is 11.1 Å². The van der Waals surface area contributed by atoms with Crippen molar-refractivity contribution in [3.05, 3.63) is 41.8 Å². The molecule has 3 N–H and O–H groups in total. The minimum absolute atomic E-state index is 0.0133. The number of nitrogens with two attached hydrogens (primary N) is 1. The van der Waals surface area contributed by atoms with Gasteiger partial charge in [0.25, 0.3) is 5.91 Å². The van der Waals surface area contributed by atoms with E-state index in [1.807, 2.05) is 0 Å². The first-order chi connectivity index (χ1) is 8.06. The standard InChI is InChI=1S/C11H11FN4O/c1-16-5-4-10(15-16)14-11(17)7-2-3-9(13)8(12)6-7/h2-6H,13H2,1H3,(H,14,15,17). The quantitative estimate of drug-likeness (QED) is 0.771. The summed E-state index contributed by atoms with van der Waals surface area (Å²) in [7, 11) is 1.73. The van der Waals surface area contributed by atoms with Gasteiger partial charge in [0.1, 0.15) is 5.82 Å². The van der Waals surface area contributed by atoms with Crippen LogP contribution in [0.1, 0.15) is 10.4 Å². The molecule has 0 bridgehead atoms. The molecule has 2 aromatic rings. The van der Waals surface area contributed by atoms with Gasteiger partial charge < -0.3 is 11.1 Å². The van der Waals surface area contributed by atoms with Crippen molar-refractivity contribution in [2.45, 2.75) is 0 Å². The minimum Gasteiger partial charge on any atom is -0.396 e. The van der Waals surface area contributed by atoms with Crippen molar-refractivity contribution < 1.29 is 9.18 Å². The van der Waals surface area contributed by atoms with Crippen LogP contribution >= 0.6 is 0 Å². The van der Waals surface area contributed by atoms with Crippen LogP contribution in [0.15, 0.2) is 30.5 Å². The lowest BCUT2D eigenvalue weighted by molar-refractivity contribution is 0.102. The fraction of sp³-hybridized carbons (Fsp3) is 0.0909. The first kappa shape index (κ1) is 11.1. The van der Waals surface area contributed by atoms with Crippen LogP contribution in [0.4, 0.5) is 15.9 Å². The molecule has 6 heteroatoms. The summed E-state index contributed by atoms with van der Waals surface area (Å²) in [5.74, 6) is -0.629. The number of halogens is 1. The van der Waals surface area contributed by atoms with Crippen molar-refractivity contribution in [3.8, 4) is 0 Å². The van der Waals surface area contributed by atoms with Gasteiger partial charge in [-0.1, -0.05) is 0 Å². The molecule has 0 radical (unpaired) electrons. The molecule has 2 rings (SSSR count). The van der Waals surface area contributed by atoms with E-state index in [0.717, 1.165) is 6.07 Å². The van der Waals surface area contributed by atoms with Crippen molar-refractivity contribution >= 4 is 17.4 Å². The molecular formula is C11H11FN4O. The summed E-state index contributed by atoms with van der Waals surface area (Å²) >= 11 is 0. The maximum absolute atomic E-state index is 13.2. The number of nitrogens with one attached hydrogen (secondary N) is 1. The molecule has 0 aliphatic rings. The summed E-state index contributed by atoms with van der Waals surface area (Å²) in [5.41, 5.74) is 5.53.